The molecule has 1 aliphatic heterocycles. The van der Waals surface area contributed by atoms with E-state index in [2.05, 4.69) is 5.16 Å². The van der Waals surface area contributed by atoms with Crippen molar-refractivity contribution < 1.29 is 18.7 Å². The standard InChI is InChI=1S/C27H28F2N2O2/c1-19-7-5-6-10-25(19)27-15-24(33-30-27)18-31(16-21-11-12-22(28)14-26(21)29)17-23(32)13-20-8-3-2-4-9-20/h2-12,14,23-24,32H,13,15-18H2,1H3. The lowest BCUT2D eigenvalue weighted by atomic mass is 10.00. The average Bonchev–Trinajstić information content (AvgIpc) is 3.24. The predicted molar refractivity (Wildman–Crippen MR) is 125 cm³/mol. The Hall–Kier alpha value is -3.09. The van der Waals surface area contributed by atoms with Gasteiger partial charge in [-0.05, 0) is 30.5 Å². The summed E-state index contributed by atoms with van der Waals surface area (Å²) in [4.78, 5) is 7.65. The molecule has 1 N–H and O–H groups in total. The zero-order valence-corrected chi connectivity index (χ0v) is 18.6. The summed E-state index contributed by atoms with van der Waals surface area (Å²) in [6.45, 7) is 3.05. The van der Waals surface area contributed by atoms with Crippen LogP contribution in [0.25, 0.3) is 0 Å². The van der Waals surface area contributed by atoms with Gasteiger partial charge >= 0.3 is 0 Å². The highest BCUT2D eigenvalue weighted by molar-refractivity contribution is 6.02. The van der Waals surface area contributed by atoms with Crippen molar-refractivity contribution in [2.75, 3.05) is 13.1 Å². The number of hydrogen-bond acceptors (Lipinski definition) is 4. The first-order valence-corrected chi connectivity index (χ1v) is 11.1. The van der Waals surface area contributed by atoms with Crippen molar-refractivity contribution in [3.8, 4) is 0 Å². The van der Waals surface area contributed by atoms with Crippen molar-refractivity contribution in [1.82, 2.24) is 4.90 Å². The Morgan fingerprint density at radius 3 is 2.58 bits per heavy atom. The molecular formula is C27H28F2N2O2. The Kier molecular flexibility index (Phi) is 7.47. The second-order valence-corrected chi connectivity index (χ2v) is 8.56. The molecule has 172 valence electrons. The Morgan fingerprint density at radius 1 is 1.06 bits per heavy atom. The number of benzene rings is 3. The van der Waals surface area contributed by atoms with Crippen LogP contribution in [-0.2, 0) is 17.8 Å². The maximum Gasteiger partial charge on any atom is 0.145 e. The summed E-state index contributed by atoms with van der Waals surface area (Å²) in [6.07, 6.45) is 0.253. The number of aryl methyl sites for hydroxylation is 1. The second-order valence-electron chi connectivity index (χ2n) is 8.56. The molecule has 0 saturated carbocycles. The van der Waals surface area contributed by atoms with Gasteiger partial charge in [0.1, 0.15) is 17.7 Å². The van der Waals surface area contributed by atoms with E-state index in [-0.39, 0.29) is 12.6 Å². The van der Waals surface area contributed by atoms with E-state index in [0.717, 1.165) is 28.5 Å². The summed E-state index contributed by atoms with van der Waals surface area (Å²) >= 11 is 0. The number of oxime groups is 1. The minimum absolute atomic E-state index is 0.216. The van der Waals surface area contributed by atoms with Crippen LogP contribution in [0.3, 0.4) is 0 Å². The molecule has 33 heavy (non-hydrogen) atoms. The third kappa shape index (κ3) is 6.24. The van der Waals surface area contributed by atoms with Crippen LogP contribution in [0, 0.1) is 18.6 Å². The van der Waals surface area contributed by atoms with E-state index < -0.39 is 17.7 Å². The van der Waals surface area contributed by atoms with Crippen LogP contribution in [0.15, 0.2) is 78.0 Å². The molecule has 6 heteroatoms. The van der Waals surface area contributed by atoms with E-state index in [0.29, 0.717) is 31.5 Å². The number of hydrogen-bond donors (Lipinski definition) is 1. The summed E-state index contributed by atoms with van der Waals surface area (Å²) < 4.78 is 27.7. The molecule has 0 saturated heterocycles. The zero-order valence-electron chi connectivity index (χ0n) is 18.6. The number of rotatable bonds is 9. The van der Waals surface area contributed by atoms with Gasteiger partial charge in [-0.1, -0.05) is 65.8 Å². The lowest BCUT2D eigenvalue weighted by Crippen LogP contribution is -2.38. The van der Waals surface area contributed by atoms with Crippen molar-refractivity contribution in [2.24, 2.45) is 5.16 Å². The summed E-state index contributed by atoms with van der Waals surface area (Å²) in [5.41, 5.74) is 4.47. The van der Waals surface area contributed by atoms with Gasteiger partial charge in [-0.3, -0.25) is 4.90 Å². The molecule has 4 nitrogen and oxygen atoms in total. The molecular weight excluding hydrogens is 422 g/mol. The van der Waals surface area contributed by atoms with E-state index in [1.807, 2.05) is 66.4 Å². The fourth-order valence-electron chi connectivity index (χ4n) is 4.21. The second kappa shape index (κ2) is 10.7. The molecule has 0 fully saturated rings. The summed E-state index contributed by atoms with van der Waals surface area (Å²) in [5, 5.41) is 15.0. The van der Waals surface area contributed by atoms with E-state index in [1.54, 1.807) is 0 Å². The van der Waals surface area contributed by atoms with Crippen LogP contribution >= 0.6 is 0 Å². The number of aliphatic hydroxyl groups excluding tert-OH is 1. The maximum absolute atomic E-state index is 14.4. The number of aliphatic hydroxyl groups is 1. The van der Waals surface area contributed by atoms with E-state index in [9.17, 15) is 13.9 Å². The molecule has 2 unspecified atom stereocenters. The van der Waals surface area contributed by atoms with Crippen LogP contribution in [0.5, 0.6) is 0 Å². The lowest BCUT2D eigenvalue weighted by molar-refractivity contribution is 0.0319. The van der Waals surface area contributed by atoms with Crippen LogP contribution < -0.4 is 0 Å². The molecule has 3 aromatic carbocycles. The monoisotopic (exact) mass is 450 g/mol. The first-order chi connectivity index (χ1) is 16.0. The van der Waals surface area contributed by atoms with E-state index in [1.165, 1.54) is 12.1 Å². The molecule has 0 amide bonds. The van der Waals surface area contributed by atoms with E-state index in [4.69, 9.17) is 4.84 Å². The van der Waals surface area contributed by atoms with Crippen molar-refractivity contribution in [1.29, 1.82) is 0 Å². The molecule has 2 atom stereocenters. The van der Waals surface area contributed by atoms with Crippen molar-refractivity contribution >= 4 is 5.71 Å². The Morgan fingerprint density at radius 2 is 1.82 bits per heavy atom. The number of nitrogens with zero attached hydrogens (tertiary/aromatic N) is 2. The molecule has 0 radical (unpaired) electrons. The third-order valence-corrected chi connectivity index (χ3v) is 5.84. The minimum Gasteiger partial charge on any atom is -0.391 e. The van der Waals surface area contributed by atoms with Crippen molar-refractivity contribution in [3.05, 3.63) is 107 Å². The molecule has 0 aromatic heterocycles. The first-order valence-electron chi connectivity index (χ1n) is 11.1. The van der Waals surface area contributed by atoms with Crippen LogP contribution in [0.4, 0.5) is 8.78 Å². The van der Waals surface area contributed by atoms with Crippen molar-refractivity contribution in [2.45, 2.75) is 38.5 Å². The van der Waals surface area contributed by atoms with Gasteiger partial charge in [0.15, 0.2) is 0 Å². The smallest absolute Gasteiger partial charge is 0.145 e. The quantitative estimate of drug-likeness (QED) is 0.506. The van der Waals surface area contributed by atoms with Gasteiger partial charge < -0.3 is 9.94 Å². The Balaban J connectivity index is 1.45. The van der Waals surface area contributed by atoms with Crippen LogP contribution in [0.2, 0.25) is 0 Å². The molecule has 3 aromatic rings. The topological polar surface area (TPSA) is 45.1 Å². The Labute approximate surface area is 193 Å². The lowest BCUT2D eigenvalue weighted by Gasteiger charge is -2.27. The van der Waals surface area contributed by atoms with Crippen molar-refractivity contribution in [3.63, 3.8) is 0 Å². The first kappa shape index (κ1) is 23.1. The van der Waals surface area contributed by atoms with Gasteiger partial charge in [-0.15, -0.1) is 0 Å². The van der Waals surface area contributed by atoms with Gasteiger partial charge in [-0.25, -0.2) is 8.78 Å². The highest BCUT2D eigenvalue weighted by Crippen LogP contribution is 2.21. The van der Waals surface area contributed by atoms with Gasteiger partial charge in [0.05, 0.1) is 11.8 Å². The van der Waals surface area contributed by atoms with Crippen LogP contribution in [0.1, 0.15) is 28.7 Å². The van der Waals surface area contributed by atoms with Gasteiger partial charge in [0.2, 0.25) is 0 Å². The molecule has 4 rings (SSSR count). The van der Waals surface area contributed by atoms with Gasteiger partial charge in [0.25, 0.3) is 0 Å². The predicted octanol–water partition coefficient (Wildman–Crippen LogP) is 4.87. The van der Waals surface area contributed by atoms with E-state index >= 15 is 0 Å². The summed E-state index contributed by atoms with van der Waals surface area (Å²) in [7, 11) is 0. The molecule has 1 heterocycles. The van der Waals surface area contributed by atoms with Crippen LogP contribution in [-0.4, -0.2) is 41.0 Å². The third-order valence-electron chi connectivity index (χ3n) is 5.84. The van der Waals surface area contributed by atoms with Gasteiger partial charge in [0, 0.05) is 43.2 Å². The molecule has 0 bridgehead atoms. The average molecular weight is 451 g/mol. The molecule has 1 aliphatic rings. The molecule has 0 aliphatic carbocycles. The highest BCUT2D eigenvalue weighted by atomic mass is 19.1. The fraction of sp³-hybridized carbons (Fsp3) is 0.296. The fourth-order valence-corrected chi connectivity index (χ4v) is 4.21. The minimum atomic E-state index is -0.644. The molecule has 0 spiro atoms. The Bertz CT molecular complexity index is 1100. The normalized spacial score (nSPS) is 16.5. The SMILES string of the molecule is Cc1ccccc1C1=NOC(CN(Cc2ccc(F)cc2F)CC(O)Cc2ccccc2)C1. The van der Waals surface area contributed by atoms with Gasteiger partial charge in [-0.2, -0.15) is 0 Å². The number of halogens is 2. The largest absolute Gasteiger partial charge is 0.391 e. The summed E-state index contributed by atoms with van der Waals surface area (Å²) in [6, 6.07) is 21.3. The maximum atomic E-state index is 14.4. The summed E-state index contributed by atoms with van der Waals surface area (Å²) in [5.74, 6) is -1.20. The zero-order chi connectivity index (χ0) is 23.2. The highest BCUT2D eigenvalue weighted by Gasteiger charge is 2.27.